The zero-order valence-electron chi connectivity index (χ0n) is 16.3. The Hall–Kier alpha value is -2.09. The lowest BCUT2D eigenvalue weighted by Crippen LogP contribution is -2.94. The Morgan fingerprint density at radius 3 is 2.21 bits per heavy atom. The number of nitrogens with one attached hydrogen (secondary N) is 2. The van der Waals surface area contributed by atoms with Crippen LogP contribution in [0.2, 0.25) is 5.02 Å². The number of hydrogen-bond donors (Lipinski definition) is 3. The van der Waals surface area contributed by atoms with Gasteiger partial charge in [0.25, 0.3) is 15.9 Å². The van der Waals surface area contributed by atoms with Crippen LogP contribution in [0.15, 0.2) is 53.4 Å². The minimum atomic E-state index is -3.74. The van der Waals surface area contributed by atoms with Crippen LogP contribution in [-0.4, -0.2) is 33.0 Å². The van der Waals surface area contributed by atoms with E-state index >= 15 is 0 Å². The van der Waals surface area contributed by atoms with Crippen LogP contribution in [0.1, 0.15) is 37.6 Å². The van der Waals surface area contributed by atoms with Crippen molar-refractivity contribution < 1.29 is 18.5 Å². The van der Waals surface area contributed by atoms with Crippen molar-refractivity contribution in [2.24, 2.45) is 0 Å². The summed E-state index contributed by atoms with van der Waals surface area (Å²) in [6.07, 6.45) is 0.862. The molecule has 28 heavy (non-hydrogen) atoms. The summed E-state index contributed by atoms with van der Waals surface area (Å²) in [4.78, 5) is 12.3. The van der Waals surface area contributed by atoms with Gasteiger partial charge in [0.05, 0.1) is 17.0 Å². The molecule has 2 aromatic rings. The topological polar surface area (TPSA) is 91.9 Å². The number of hydrogen-bond acceptors (Lipinski definition) is 3. The summed E-state index contributed by atoms with van der Waals surface area (Å²) < 4.78 is 27.4. The van der Waals surface area contributed by atoms with Crippen molar-refractivity contribution in [2.75, 3.05) is 17.8 Å². The molecule has 0 fully saturated rings. The average molecular weight is 425 g/mol. The largest absolute Gasteiger partial charge is 0.352 e. The smallest absolute Gasteiger partial charge is 0.261 e. The Labute approximate surface area is 171 Å². The molecular formula is C20H27ClN3O3S+. The lowest BCUT2D eigenvalue weighted by Gasteiger charge is -2.16. The highest BCUT2D eigenvalue weighted by Crippen LogP contribution is 2.18. The Morgan fingerprint density at radius 1 is 1.04 bits per heavy atom. The molecule has 0 unspecified atom stereocenters. The first kappa shape index (κ1) is 22.2. The van der Waals surface area contributed by atoms with E-state index in [9.17, 15) is 13.2 Å². The van der Waals surface area contributed by atoms with Crippen molar-refractivity contribution in [3.63, 3.8) is 0 Å². The highest BCUT2D eigenvalue weighted by atomic mass is 35.5. The van der Waals surface area contributed by atoms with Crippen LogP contribution in [0.5, 0.6) is 0 Å². The van der Waals surface area contributed by atoms with Crippen LogP contribution in [0.25, 0.3) is 0 Å². The van der Waals surface area contributed by atoms with Crippen LogP contribution in [0.3, 0.4) is 0 Å². The number of anilines is 1. The normalized spacial score (nSPS) is 11.9. The van der Waals surface area contributed by atoms with Gasteiger partial charge in [-0.25, -0.2) is 8.42 Å². The second-order valence-electron chi connectivity index (χ2n) is 7.61. The van der Waals surface area contributed by atoms with Crippen LogP contribution < -0.4 is 15.4 Å². The standard InChI is InChI=1S/C20H26ClN3O3S/c1-20(2,3)23-14-4-13-22-19(25)15-5-11-18(12-6-15)28(26,27)24-17-9-7-16(21)8-10-17/h5-12,23-24H,4,13-14H2,1-3H3,(H,22,25)/p+1. The Balaban J connectivity index is 1.91. The Kier molecular flexibility index (Phi) is 7.46. The van der Waals surface area contributed by atoms with Gasteiger partial charge in [-0.1, -0.05) is 11.6 Å². The maximum atomic E-state index is 12.4. The number of carbonyl (C=O) groups is 1. The predicted octanol–water partition coefficient (Wildman–Crippen LogP) is 2.62. The summed E-state index contributed by atoms with van der Waals surface area (Å²) in [5.41, 5.74) is 1.01. The van der Waals surface area contributed by atoms with E-state index in [-0.39, 0.29) is 16.3 Å². The first-order chi connectivity index (χ1) is 13.1. The third-order valence-electron chi connectivity index (χ3n) is 3.95. The van der Waals surface area contributed by atoms with Crippen molar-refractivity contribution in [1.29, 1.82) is 0 Å². The zero-order valence-corrected chi connectivity index (χ0v) is 17.9. The van der Waals surface area contributed by atoms with Crippen LogP contribution >= 0.6 is 11.6 Å². The van der Waals surface area contributed by atoms with Crippen molar-refractivity contribution >= 4 is 33.2 Å². The Morgan fingerprint density at radius 2 is 1.64 bits per heavy atom. The lowest BCUT2D eigenvalue weighted by molar-refractivity contribution is -0.717. The molecule has 8 heteroatoms. The maximum Gasteiger partial charge on any atom is 0.261 e. The number of benzene rings is 2. The summed E-state index contributed by atoms with van der Waals surface area (Å²) in [6, 6.07) is 12.2. The lowest BCUT2D eigenvalue weighted by atomic mass is 10.1. The molecule has 2 rings (SSSR count). The molecule has 0 spiro atoms. The number of nitrogens with two attached hydrogens (primary N) is 1. The fourth-order valence-corrected chi connectivity index (χ4v) is 3.64. The van der Waals surface area contributed by atoms with E-state index in [0.717, 1.165) is 13.0 Å². The molecule has 6 nitrogen and oxygen atoms in total. The second-order valence-corrected chi connectivity index (χ2v) is 9.72. The third kappa shape index (κ3) is 7.14. The molecule has 0 aromatic heterocycles. The molecule has 0 aliphatic rings. The van der Waals surface area contributed by atoms with Crippen molar-refractivity contribution in [3.8, 4) is 0 Å². The molecule has 1 amide bonds. The molecule has 0 aliphatic heterocycles. The van der Waals surface area contributed by atoms with Crippen molar-refractivity contribution in [2.45, 2.75) is 37.6 Å². The SMILES string of the molecule is CC(C)(C)[NH2+]CCCNC(=O)c1ccc(S(=O)(=O)Nc2ccc(Cl)cc2)cc1. The highest BCUT2D eigenvalue weighted by molar-refractivity contribution is 7.92. The molecule has 4 N–H and O–H groups in total. The van der Waals surface area contributed by atoms with E-state index in [0.29, 0.717) is 22.8 Å². The average Bonchev–Trinajstić information content (AvgIpc) is 2.62. The van der Waals surface area contributed by atoms with Gasteiger partial charge in [-0.15, -0.1) is 0 Å². The van der Waals surface area contributed by atoms with Crippen LogP contribution in [0, 0.1) is 0 Å². The van der Waals surface area contributed by atoms with E-state index in [2.05, 4.69) is 36.1 Å². The van der Waals surface area contributed by atoms with Crippen molar-refractivity contribution in [3.05, 3.63) is 59.1 Å². The van der Waals surface area contributed by atoms with Gasteiger partial charge in [0.1, 0.15) is 0 Å². The van der Waals surface area contributed by atoms with E-state index in [4.69, 9.17) is 11.6 Å². The highest BCUT2D eigenvalue weighted by Gasteiger charge is 2.15. The summed E-state index contributed by atoms with van der Waals surface area (Å²) in [5, 5.41) is 5.60. The van der Waals surface area contributed by atoms with E-state index in [1.807, 2.05) is 0 Å². The summed E-state index contributed by atoms with van der Waals surface area (Å²) in [5.74, 6) is -0.217. The molecular weight excluding hydrogens is 398 g/mol. The van der Waals surface area contributed by atoms with E-state index < -0.39 is 10.0 Å². The van der Waals surface area contributed by atoms with Gasteiger partial charge in [-0.3, -0.25) is 9.52 Å². The zero-order chi connectivity index (χ0) is 20.8. The third-order valence-corrected chi connectivity index (χ3v) is 5.60. The fourth-order valence-electron chi connectivity index (χ4n) is 2.46. The van der Waals surface area contributed by atoms with Crippen molar-refractivity contribution in [1.82, 2.24) is 5.32 Å². The van der Waals surface area contributed by atoms with Gasteiger partial charge in [0, 0.05) is 29.2 Å². The summed E-state index contributed by atoms with van der Waals surface area (Å²) in [6.45, 7) is 7.93. The van der Waals surface area contributed by atoms with Gasteiger partial charge >= 0.3 is 0 Å². The first-order valence-electron chi connectivity index (χ1n) is 9.08. The molecule has 0 aliphatic carbocycles. The molecule has 0 saturated carbocycles. The number of halogens is 1. The Bertz CT molecular complexity index is 890. The molecule has 0 bridgehead atoms. The molecule has 0 atom stereocenters. The van der Waals surface area contributed by atoms with Crippen LogP contribution in [-0.2, 0) is 10.0 Å². The minimum absolute atomic E-state index is 0.0822. The van der Waals surface area contributed by atoms with Gasteiger partial charge < -0.3 is 10.6 Å². The summed E-state index contributed by atoms with van der Waals surface area (Å²) >= 11 is 5.80. The molecule has 152 valence electrons. The second kappa shape index (κ2) is 9.41. The van der Waals surface area contributed by atoms with E-state index in [1.165, 1.54) is 24.3 Å². The minimum Gasteiger partial charge on any atom is -0.352 e. The number of sulfonamides is 1. The number of rotatable bonds is 8. The van der Waals surface area contributed by atoms with Gasteiger partial charge in [-0.05, 0) is 69.3 Å². The maximum absolute atomic E-state index is 12.4. The molecule has 0 saturated heterocycles. The van der Waals surface area contributed by atoms with E-state index in [1.54, 1.807) is 24.3 Å². The number of quaternary nitrogens is 1. The number of carbonyl (C=O) groups excluding carboxylic acids is 1. The van der Waals surface area contributed by atoms with Crippen LogP contribution in [0.4, 0.5) is 5.69 Å². The van der Waals surface area contributed by atoms with Gasteiger partial charge in [-0.2, -0.15) is 0 Å². The molecule has 2 aromatic carbocycles. The van der Waals surface area contributed by atoms with Gasteiger partial charge in [0.2, 0.25) is 0 Å². The fraction of sp³-hybridized carbons (Fsp3) is 0.350. The summed E-state index contributed by atoms with van der Waals surface area (Å²) in [7, 11) is -3.74. The number of amides is 1. The molecule has 0 heterocycles. The predicted molar refractivity (Wildman–Crippen MR) is 112 cm³/mol. The van der Waals surface area contributed by atoms with Gasteiger partial charge in [0.15, 0.2) is 0 Å². The molecule has 0 radical (unpaired) electrons. The quantitative estimate of drug-likeness (QED) is 0.569. The monoisotopic (exact) mass is 424 g/mol. The first-order valence-corrected chi connectivity index (χ1v) is 10.9.